The van der Waals surface area contributed by atoms with Gasteiger partial charge in [-0.25, -0.2) is 9.59 Å². The van der Waals surface area contributed by atoms with Crippen molar-refractivity contribution < 1.29 is 46.9 Å². The molecule has 0 unspecified atom stereocenters. The van der Waals surface area contributed by atoms with Crippen LogP contribution in [0.25, 0.3) is 0 Å². The number of alkyl halides is 5. The summed E-state index contributed by atoms with van der Waals surface area (Å²) in [5.74, 6) is -3.30. The Kier molecular flexibility index (Phi) is 17.9. The second kappa shape index (κ2) is 19.3. The molecule has 0 heterocycles. The number of carbonyl (C=O) groups excluding carboxylic acids is 3. The molecule has 0 fully saturated rings. The van der Waals surface area contributed by atoms with E-state index in [0.29, 0.717) is 24.8 Å². The third kappa shape index (κ3) is 15.4. The number of carbonyl (C=O) groups is 4. The van der Waals surface area contributed by atoms with Crippen LogP contribution < -0.4 is 16.0 Å². The largest absolute Gasteiger partial charge is 0.490 e. The number of hydrogen-bond donors (Lipinski definition) is 3. The number of anilines is 1. The van der Waals surface area contributed by atoms with Gasteiger partial charge >= 0.3 is 24.1 Å². The van der Waals surface area contributed by atoms with E-state index in [1.165, 1.54) is 0 Å². The van der Waals surface area contributed by atoms with Gasteiger partial charge in [-0.05, 0) is 38.0 Å². The molecule has 1 rings (SSSR count). The van der Waals surface area contributed by atoms with Gasteiger partial charge in [0.2, 0.25) is 5.91 Å². The van der Waals surface area contributed by atoms with Crippen LogP contribution in [0.3, 0.4) is 0 Å². The molecule has 1 aromatic carbocycles. The maximum Gasteiger partial charge on any atom is 0.490 e. The first-order chi connectivity index (χ1) is 18.3. The number of aliphatic carboxylic acids is 1. The highest BCUT2D eigenvalue weighted by Crippen LogP contribution is 2.17. The zero-order valence-electron chi connectivity index (χ0n) is 21.6. The number of amides is 1. The van der Waals surface area contributed by atoms with E-state index in [0.717, 1.165) is 11.3 Å². The summed E-state index contributed by atoms with van der Waals surface area (Å²) >= 11 is 11.7. The van der Waals surface area contributed by atoms with Crippen LogP contribution >= 0.6 is 23.2 Å². The van der Waals surface area contributed by atoms with Gasteiger partial charge in [-0.2, -0.15) is 13.2 Å². The van der Waals surface area contributed by atoms with E-state index in [2.05, 4.69) is 10.2 Å². The van der Waals surface area contributed by atoms with Crippen LogP contribution in [-0.2, 0) is 35.1 Å². The zero-order chi connectivity index (χ0) is 30.0. The summed E-state index contributed by atoms with van der Waals surface area (Å²) in [6, 6.07) is 5.75. The normalized spacial score (nSPS) is 12.3. The van der Waals surface area contributed by atoms with Crippen molar-refractivity contribution in [2.75, 3.05) is 43.0 Å². The molecule has 39 heavy (non-hydrogen) atoms. The number of benzene rings is 1. The number of nitrogens with one attached hydrogen (secondary N) is 1. The summed E-state index contributed by atoms with van der Waals surface area (Å²) in [6.07, 6.45) is -4.71. The molecule has 0 aliphatic rings. The monoisotopic (exact) mass is 603 g/mol. The highest BCUT2D eigenvalue weighted by Gasteiger charge is 2.38. The first kappa shape index (κ1) is 36.2. The first-order valence-electron chi connectivity index (χ1n) is 11.9. The van der Waals surface area contributed by atoms with E-state index in [4.69, 9.17) is 48.3 Å². The Morgan fingerprint density at radius 2 is 1.54 bits per heavy atom. The number of nitrogens with zero attached hydrogens (tertiary/aromatic N) is 1. The van der Waals surface area contributed by atoms with Crippen LogP contribution in [0.5, 0.6) is 0 Å². The fourth-order valence-corrected chi connectivity index (χ4v) is 3.41. The molecule has 1 amide bonds. The number of carboxylic acids is 1. The zero-order valence-corrected chi connectivity index (χ0v) is 23.2. The minimum atomic E-state index is -5.08. The van der Waals surface area contributed by atoms with Gasteiger partial charge < -0.3 is 30.5 Å². The van der Waals surface area contributed by atoms with Gasteiger partial charge in [-0.1, -0.05) is 12.1 Å². The van der Waals surface area contributed by atoms with Crippen LogP contribution in [0, 0.1) is 0 Å². The van der Waals surface area contributed by atoms with E-state index in [1.807, 2.05) is 24.3 Å². The van der Waals surface area contributed by atoms with Gasteiger partial charge in [-0.15, -0.1) is 23.2 Å². The predicted octanol–water partition coefficient (Wildman–Crippen LogP) is 2.86. The SMILES string of the molecule is CCOC(=O)CC[C@H](N)C(=O)N[C@H](Cc1ccc(N(CCCl)CCCl)cc1)C(=O)OCC.O=C(O)C(F)(F)F. The molecule has 15 heteroatoms. The summed E-state index contributed by atoms with van der Waals surface area (Å²) in [5.41, 5.74) is 7.69. The minimum absolute atomic E-state index is 0.0229. The molecule has 0 spiro atoms. The summed E-state index contributed by atoms with van der Waals surface area (Å²) < 4.78 is 41.7. The maximum atomic E-state index is 12.5. The average Bonchev–Trinajstić information content (AvgIpc) is 2.87. The quantitative estimate of drug-likeness (QED) is 0.203. The number of halogens is 5. The third-order valence-electron chi connectivity index (χ3n) is 4.88. The maximum absolute atomic E-state index is 12.5. The smallest absolute Gasteiger partial charge is 0.475 e. The second-order valence-electron chi connectivity index (χ2n) is 7.80. The highest BCUT2D eigenvalue weighted by molar-refractivity contribution is 6.18. The molecule has 4 N–H and O–H groups in total. The lowest BCUT2D eigenvalue weighted by Crippen LogP contribution is -2.50. The summed E-state index contributed by atoms with van der Waals surface area (Å²) in [5, 5.41) is 9.77. The Bertz CT molecular complexity index is 900. The van der Waals surface area contributed by atoms with Crippen molar-refractivity contribution in [2.45, 2.75) is 51.4 Å². The van der Waals surface area contributed by atoms with Crippen molar-refractivity contribution in [3.63, 3.8) is 0 Å². The lowest BCUT2D eigenvalue weighted by atomic mass is 10.0. The van der Waals surface area contributed by atoms with Gasteiger partial charge in [0.25, 0.3) is 0 Å². The standard InChI is InChI=1S/C22H33Cl2N3O5.C2HF3O2/c1-3-31-20(28)10-9-18(25)21(29)26-19(22(30)32-4-2)15-16-5-7-17(8-6-16)27(13-11-23)14-12-24;3-2(4,5)1(6)7/h5-8,18-19H,3-4,9-15,25H2,1-2H3,(H,26,29);(H,6,7)/t18-,19+;/m0./s1. The Morgan fingerprint density at radius 1 is 1.03 bits per heavy atom. The van der Waals surface area contributed by atoms with Gasteiger partial charge in [0.05, 0.1) is 19.3 Å². The molecular weight excluding hydrogens is 570 g/mol. The van der Waals surface area contributed by atoms with Crippen LogP contribution in [-0.4, -0.2) is 85.2 Å². The van der Waals surface area contributed by atoms with Gasteiger partial charge in [0.15, 0.2) is 0 Å². The average molecular weight is 604 g/mol. The van der Waals surface area contributed by atoms with Crippen molar-refractivity contribution in [3.8, 4) is 0 Å². The molecule has 0 saturated heterocycles. The number of nitrogens with two attached hydrogens (primary N) is 1. The first-order valence-corrected chi connectivity index (χ1v) is 13.0. The van der Waals surface area contributed by atoms with Crippen molar-refractivity contribution in [1.82, 2.24) is 5.32 Å². The van der Waals surface area contributed by atoms with E-state index in [1.54, 1.807) is 13.8 Å². The molecule has 0 radical (unpaired) electrons. The lowest BCUT2D eigenvalue weighted by Gasteiger charge is -2.23. The molecule has 10 nitrogen and oxygen atoms in total. The topological polar surface area (TPSA) is 148 Å². The molecular formula is C24H34Cl2F3N3O7. The molecule has 0 aliphatic carbocycles. The third-order valence-corrected chi connectivity index (χ3v) is 5.22. The highest BCUT2D eigenvalue weighted by atomic mass is 35.5. The van der Waals surface area contributed by atoms with Gasteiger partial charge in [0.1, 0.15) is 6.04 Å². The number of carboxylic acid groups (broad SMARTS) is 1. The van der Waals surface area contributed by atoms with Crippen LogP contribution in [0.4, 0.5) is 18.9 Å². The number of hydrogen-bond acceptors (Lipinski definition) is 8. The molecule has 0 saturated carbocycles. The summed E-state index contributed by atoms with van der Waals surface area (Å²) in [6.45, 7) is 5.18. The van der Waals surface area contributed by atoms with Crippen molar-refractivity contribution >= 4 is 52.7 Å². The molecule has 1 aromatic rings. The molecule has 0 bridgehead atoms. The van der Waals surface area contributed by atoms with E-state index in [-0.39, 0.29) is 32.5 Å². The lowest BCUT2D eigenvalue weighted by molar-refractivity contribution is -0.192. The van der Waals surface area contributed by atoms with Gasteiger partial charge in [-0.3, -0.25) is 9.59 Å². The Labute approximate surface area is 234 Å². The van der Waals surface area contributed by atoms with Gasteiger partial charge in [0, 0.05) is 43.4 Å². The van der Waals surface area contributed by atoms with Crippen molar-refractivity contribution in [2.24, 2.45) is 5.73 Å². The molecule has 0 aliphatic heterocycles. The van der Waals surface area contributed by atoms with Crippen molar-refractivity contribution in [1.29, 1.82) is 0 Å². The Morgan fingerprint density at radius 3 is 1.97 bits per heavy atom. The molecule has 0 aromatic heterocycles. The fraction of sp³-hybridized carbons (Fsp3) is 0.583. The van der Waals surface area contributed by atoms with E-state index in [9.17, 15) is 27.6 Å². The van der Waals surface area contributed by atoms with Crippen LogP contribution in [0.1, 0.15) is 32.3 Å². The van der Waals surface area contributed by atoms with Crippen LogP contribution in [0.15, 0.2) is 24.3 Å². The summed E-state index contributed by atoms with van der Waals surface area (Å²) in [4.78, 5) is 47.3. The number of rotatable bonds is 15. The van der Waals surface area contributed by atoms with E-state index >= 15 is 0 Å². The Balaban J connectivity index is 0.00000181. The molecule has 222 valence electrons. The van der Waals surface area contributed by atoms with Crippen LogP contribution in [0.2, 0.25) is 0 Å². The number of ether oxygens (including phenoxy) is 2. The fourth-order valence-electron chi connectivity index (χ4n) is 3.01. The van der Waals surface area contributed by atoms with E-state index < -0.39 is 42.1 Å². The Hall–Kier alpha value is -2.77. The second-order valence-corrected chi connectivity index (χ2v) is 8.56. The van der Waals surface area contributed by atoms with Crippen molar-refractivity contribution in [3.05, 3.63) is 29.8 Å². The molecule has 2 atom stereocenters. The summed E-state index contributed by atoms with van der Waals surface area (Å²) in [7, 11) is 0. The minimum Gasteiger partial charge on any atom is -0.475 e. The predicted molar refractivity (Wildman–Crippen MR) is 140 cm³/mol. The number of esters is 2.